The fraction of sp³-hybridized carbons (Fsp3) is 1.00. The molecule has 0 saturated carbocycles. The molecule has 0 aromatic rings. The molecule has 0 N–H and O–H groups in total. The van der Waals surface area contributed by atoms with Crippen molar-refractivity contribution < 1.29 is 16.8 Å². The Bertz CT molecular complexity index is 482. The molecule has 2 rings (SSSR count). The van der Waals surface area contributed by atoms with E-state index in [0.29, 0.717) is 19.0 Å². The van der Waals surface area contributed by atoms with Crippen LogP contribution in [0.15, 0.2) is 0 Å². The van der Waals surface area contributed by atoms with E-state index in [-0.39, 0.29) is 17.9 Å². The van der Waals surface area contributed by atoms with Crippen molar-refractivity contribution in [2.75, 3.05) is 24.6 Å². The number of nitrogens with zero attached hydrogens (tertiary/aromatic N) is 1. The van der Waals surface area contributed by atoms with Gasteiger partial charge in [-0.15, -0.1) is 0 Å². The third kappa shape index (κ3) is 2.82. The van der Waals surface area contributed by atoms with Gasteiger partial charge in [-0.1, -0.05) is 6.92 Å². The zero-order chi connectivity index (χ0) is 12.7. The van der Waals surface area contributed by atoms with Gasteiger partial charge in [-0.25, -0.2) is 21.1 Å². The van der Waals surface area contributed by atoms with Crippen LogP contribution in [0.3, 0.4) is 0 Å². The topological polar surface area (TPSA) is 71.5 Å². The number of piperidine rings is 1. The highest BCUT2D eigenvalue weighted by Gasteiger charge is 2.41. The van der Waals surface area contributed by atoms with Gasteiger partial charge in [-0.2, -0.15) is 0 Å². The minimum absolute atomic E-state index is 0.0142. The standard InChI is InChI=1S/C10H19NO4S2/c1-9-3-2-5-11(7-9)17(14,15)10-4-6-16(12,13)8-10/h9-10H,2-8H2,1H3/t9-,10-/m1/s1. The lowest BCUT2D eigenvalue weighted by Crippen LogP contribution is -2.44. The van der Waals surface area contributed by atoms with E-state index in [1.54, 1.807) is 0 Å². The summed E-state index contributed by atoms with van der Waals surface area (Å²) in [6.07, 6.45) is 2.18. The third-order valence-corrected chi connectivity index (χ3v) is 7.87. The van der Waals surface area contributed by atoms with E-state index in [1.165, 1.54) is 4.31 Å². The van der Waals surface area contributed by atoms with Crippen LogP contribution in [0, 0.1) is 5.92 Å². The summed E-state index contributed by atoms with van der Waals surface area (Å²) in [7, 11) is -6.55. The molecule has 0 unspecified atom stereocenters. The zero-order valence-electron chi connectivity index (χ0n) is 10.0. The van der Waals surface area contributed by atoms with Crippen LogP contribution in [0.5, 0.6) is 0 Å². The van der Waals surface area contributed by atoms with Gasteiger partial charge in [0.25, 0.3) is 0 Å². The van der Waals surface area contributed by atoms with Gasteiger partial charge in [-0.3, -0.25) is 0 Å². The summed E-state index contributed by atoms with van der Waals surface area (Å²) in [5.74, 6) is 0.192. The van der Waals surface area contributed by atoms with Crippen LogP contribution in [0.4, 0.5) is 0 Å². The number of rotatable bonds is 2. The van der Waals surface area contributed by atoms with Crippen molar-refractivity contribution in [1.29, 1.82) is 0 Å². The minimum Gasteiger partial charge on any atom is -0.229 e. The highest BCUT2D eigenvalue weighted by atomic mass is 32.2. The van der Waals surface area contributed by atoms with E-state index >= 15 is 0 Å². The van der Waals surface area contributed by atoms with Gasteiger partial charge in [0.15, 0.2) is 9.84 Å². The molecule has 2 aliphatic rings. The average molecular weight is 281 g/mol. The molecule has 0 aromatic heterocycles. The summed E-state index contributed by atoms with van der Waals surface area (Å²) in [5.41, 5.74) is 0. The number of sulfonamides is 1. The molecule has 0 radical (unpaired) electrons. The average Bonchev–Trinajstić information content (AvgIpc) is 2.59. The molecule has 2 fully saturated rings. The molecule has 0 amide bonds. The Balaban J connectivity index is 2.14. The summed E-state index contributed by atoms with van der Waals surface area (Å²) in [6.45, 7) is 3.12. The van der Waals surface area contributed by atoms with Crippen LogP contribution in [0.1, 0.15) is 26.2 Å². The Labute approximate surface area is 103 Å². The lowest BCUT2D eigenvalue weighted by atomic mass is 10.0. The molecule has 2 saturated heterocycles. The molecule has 100 valence electrons. The molecular weight excluding hydrogens is 262 g/mol. The van der Waals surface area contributed by atoms with Crippen molar-refractivity contribution in [3.8, 4) is 0 Å². The second kappa shape index (κ2) is 4.51. The second-order valence-electron chi connectivity index (χ2n) is 5.18. The fourth-order valence-electron chi connectivity index (χ4n) is 2.58. The van der Waals surface area contributed by atoms with Gasteiger partial charge in [0, 0.05) is 13.1 Å². The van der Waals surface area contributed by atoms with E-state index in [0.717, 1.165) is 12.8 Å². The monoisotopic (exact) mass is 281 g/mol. The van der Waals surface area contributed by atoms with E-state index in [4.69, 9.17) is 0 Å². The Morgan fingerprint density at radius 3 is 2.47 bits per heavy atom. The van der Waals surface area contributed by atoms with Crippen molar-refractivity contribution >= 4 is 19.9 Å². The van der Waals surface area contributed by atoms with Crippen molar-refractivity contribution in [3.05, 3.63) is 0 Å². The van der Waals surface area contributed by atoms with E-state index in [2.05, 4.69) is 0 Å². The van der Waals surface area contributed by atoms with Gasteiger partial charge in [-0.05, 0) is 25.2 Å². The first-order valence-corrected chi connectivity index (χ1v) is 9.33. The van der Waals surface area contributed by atoms with Crippen LogP contribution < -0.4 is 0 Å². The Hall–Kier alpha value is -0.140. The normalized spacial score (nSPS) is 34.9. The van der Waals surface area contributed by atoms with Gasteiger partial charge in [0.05, 0.1) is 16.8 Å². The highest BCUT2D eigenvalue weighted by Crippen LogP contribution is 2.26. The van der Waals surface area contributed by atoms with Crippen LogP contribution in [0.25, 0.3) is 0 Å². The quantitative estimate of drug-likeness (QED) is 0.726. The van der Waals surface area contributed by atoms with Crippen LogP contribution in [0.2, 0.25) is 0 Å². The smallest absolute Gasteiger partial charge is 0.218 e. The molecule has 5 nitrogen and oxygen atoms in total. The maximum Gasteiger partial charge on any atom is 0.218 e. The molecule has 0 spiro atoms. The minimum atomic E-state index is -3.41. The van der Waals surface area contributed by atoms with Gasteiger partial charge in [0.2, 0.25) is 10.0 Å². The molecule has 7 heteroatoms. The first kappa shape index (κ1) is 13.3. The molecule has 0 bridgehead atoms. The third-order valence-electron chi connectivity index (χ3n) is 3.59. The van der Waals surface area contributed by atoms with Gasteiger partial charge < -0.3 is 0 Å². The van der Waals surface area contributed by atoms with Gasteiger partial charge >= 0.3 is 0 Å². The summed E-state index contributed by atoms with van der Waals surface area (Å²) in [5, 5.41) is -0.710. The predicted octanol–water partition coefficient (Wildman–Crippen LogP) is 0.235. The Morgan fingerprint density at radius 2 is 1.94 bits per heavy atom. The van der Waals surface area contributed by atoms with E-state index in [1.807, 2.05) is 6.92 Å². The lowest BCUT2D eigenvalue weighted by Gasteiger charge is -2.31. The predicted molar refractivity (Wildman–Crippen MR) is 65.9 cm³/mol. The maximum atomic E-state index is 12.3. The molecule has 2 heterocycles. The Kier molecular flexibility index (Phi) is 3.53. The van der Waals surface area contributed by atoms with E-state index < -0.39 is 25.1 Å². The zero-order valence-corrected chi connectivity index (χ0v) is 11.6. The molecule has 2 aliphatic heterocycles. The largest absolute Gasteiger partial charge is 0.229 e. The van der Waals surface area contributed by atoms with E-state index in [9.17, 15) is 16.8 Å². The second-order valence-corrected chi connectivity index (χ2v) is 9.62. The molecular formula is C10H19NO4S2. The maximum absolute atomic E-state index is 12.3. The van der Waals surface area contributed by atoms with Crippen LogP contribution in [-0.4, -0.2) is 51.0 Å². The number of hydrogen-bond acceptors (Lipinski definition) is 4. The number of hydrogen-bond donors (Lipinski definition) is 0. The lowest BCUT2D eigenvalue weighted by molar-refractivity contribution is 0.279. The van der Waals surface area contributed by atoms with Crippen molar-refractivity contribution in [2.24, 2.45) is 5.92 Å². The van der Waals surface area contributed by atoms with Crippen LogP contribution in [-0.2, 0) is 19.9 Å². The molecule has 17 heavy (non-hydrogen) atoms. The molecule has 0 aromatic carbocycles. The van der Waals surface area contributed by atoms with Gasteiger partial charge in [0.1, 0.15) is 0 Å². The molecule has 0 aliphatic carbocycles. The Morgan fingerprint density at radius 1 is 1.24 bits per heavy atom. The van der Waals surface area contributed by atoms with Crippen molar-refractivity contribution in [1.82, 2.24) is 4.31 Å². The summed E-state index contributed by atoms with van der Waals surface area (Å²) in [6, 6.07) is 0. The van der Waals surface area contributed by atoms with Crippen LogP contribution >= 0.6 is 0 Å². The first-order valence-electron chi connectivity index (χ1n) is 6.01. The SMILES string of the molecule is C[C@@H]1CCCN(S(=O)(=O)[C@@H]2CCS(=O)(=O)C2)C1. The summed E-state index contributed by atoms with van der Waals surface area (Å²) in [4.78, 5) is 0. The van der Waals surface area contributed by atoms with Crippen molar-refractivity contribution in [3.63, 3.8) is 0 Å². The molecule has 2 atom stereocenters. The number of sulfone groups is 1. The summed E-state index contributed by atoms with van der Waals surface area (Å²) < 4.78 is 48.8. The highest BCUT2D eigenvalue weighted by molar-refractivity contribution is 7.95. The fourth-order valence-corrected chi connectivity index (χ4v) is 7.27. The summed E-state index contributed by atoms with van der Waals surface area (Å²) >= 11 is 0. The van der Waals surface area contributed by atoms with Crippen molar-refractivity contribution in [2.45, 2.75) is 31.4 Å². The first-order chi connectivity index (χ1) is 7.81.